The number of anilines is 1. The highest BCUT2D eigenvalue weighted by molar-refractivity contribution is 9.10. The third kappa shape index (κ3) is 3.51. The summed E-state index contributed by atoms with van der Waals surface area (Å²) in [4.78, 5) is 14.0. The van der Waals surface area contributed by atoms with Crippen LogP contribution in [0.5, 0.6) is 0 Å². The van der Waals surface area contributed by atoms with E-state index in [-0.39, 0.29) is 21.0 Å². The van der Waals surface area contributed by atoms with Crippen LogP contribution in [0, 0.1) is 10.1 Å². The molecule has 0 aliphatic rings. The van der Waals surface area contributed by atoms with E-state index < -0.39 is 14.9 Å². The topological polar surface area (TPSA) is 120 Å². The molecule has 1 N–H and O–H groups in total. The minimum atomic E-state index is -4.00. The van der Waals surface area contributed by atoms with E-state index >= 15 is 0 Å². The van der Waals surface area contributed by atoms with Crippen molar-refractivity contribution >= 4 is 37.6 Å². The van der Waals surface area contributed by atoms with Gasteiger partial charge in [-0.3, -0.25) is 10.1 Å². The molecule has 0 aliphatic carbocycles. The molecule has 0 amide bonds. The summed E-state index contributed by atoms with van der Waals surface area (Å²) in [7, 11) is -4.00. The monoisotopic (exact) mass is 423 g/mol. The van der Waals surface area contributed by atoms with Crippen LogP contribution < -0.4 is 4.72 Å². The molecule has 0 spiro atoms. The van der Waals surface area contributed by atoms with Gasteiger partial charge in [0.2, 0.25) is 5.95 Å². The van der Waals surface area contributed by atoms with Crippen molar-refractivity contribution < 1.29 is 13.3 Å². The first-order chi connectivity index (χ1) is 11.9. The molecule has 0 aliphatic heterocycles. The Kier molecular flexibility index (Phi) is 4.51. The Bertz CT molecular complexity index is 1040. The number of hydrogen-bond acceptors (Lipinski definition) is 6. The first-order valence-corrected chi connectivity index (χ1v) is 9.08. The summed E-state index contributed by atoms with van der Waals surface area (Å²) in [6, 6.07) is 12.3. The number of hydrogen-bond donors (Lipinski definition) is 1. The van der Waals surface area contributed by atoms with Gasteiger partial charge in [0.05, 0.1) is 20.0 Å². The second-order valence-electron chi connectivity index (χ2n) is 4.81. The molecular weight excluding hydrogens is 414 g/mol. The summed E-state index contributed by atoms with van der Waals surface area (Å²) in [5, 5.41) is 14.8. The Morgan fingerprint density at radius 1 is 1.16 bits per heavy atom. The predicted octanol–water partition coefficient (Wildman–Crippen LogP) is 2.74. The van der Waals surface area contributed by atoms with Crippen molar-refractivity contribution in [3.05, 3.63) is 69.4 Å². The van der Waals surface area contributed by atoms with Crippen LogP contribution in [-0.2, 0) is 10.0 Å². The lowest BCUT2D eigenvalue weighted by molar-refractivity contribution is -0.385. The number of sulfonamides is 1. The van der Waals surface area contributed by atoms with Crippen molar-refractivity contribution in [2.45, 2.75) is 4.90 Å². The van der Waals surface area contributed by atoms with Gasteiger partial charge in [-0.05, 0) is 40.2 Å². The van der Waals surface area contributed by atoms with Crippen molar-refractivity contribution in [3.63, 3.8) is 0 Å². The molecule has 0 radical (unpaired) electrons. The molecule has 2 aromatic carbocycles. The quantitative estimate of drug-likeness (QED) is 0.497. The summed E-state index contributed by atoms with van der Waals surface area (Å²) in [6.07, 6.45) is 1.22. The molecule has 0 saturated carbocycles. The number of para-hydroxylation sites is 1. The zero-order valence-electron chi connectivity index (χ0n) is 12.4. The van der Waals surface area contributed by atoms with Crippen molar-refractivity contribution in [2.24, 2.45) is 0 Å². The number of nitro benzene ring substituents is 1. The summed E-state index contributed by atoms with van der Waals surface area (Å²) in [5.41, 5.74) is 0.397. The Labute approximate surface area is 150 Å². The summed E-state index contributed by atoms with van der Waals surface area (Å²) < 4.78 is 28.8. The molecule has 0 unspecified atom stereocenters. The molecule has 11 heteroatoms. The second-order valence-corrected chi connectivity index (χ2v) is 7.34. The van der Waals surface area contributed by atoms with E-state index in [1.54, 1.807) is 24.3 Å². The van der Waals surface area contributed by atoms with E-state index in [0.29, 0.717) is 5.69 Å². The minimum absolute atomic E-state index is 0.000625. The molecule has 128 valence electrons. The number of aromatic nitrogens is 3. The highest BCUT2D eigenvalue weighted by Crippen LogP contribution is 2.28. The lowest BCUT2D eigenvalue weighted by Crippen LogP contribution is -2.16. The maximum atomic E-state index is 12.5. The number of nitrogens with zero attached hydrogens (tertiary/aromatic N) is 4. The third-order valence-electron chi connectivity index (χ3n) is 3.20. The first kappa shape index (κ1) is 17.0. The molecule has 3 aromatic rings. The minimum Gasteiger partial charge on any atom is -0.258 e. The molecule has 0 bridgehead atoms. The average Bonchev–Trinajstić information content (AvgIpc) is 3.02. The maximum Gasteiger partial charge on any atom is 0.283 e. The SMILES string of the molecule is O=[N+]([O-])c1ccc(S(=O)(=O)Nc2ncnn2-c2ccccc2)cc1Br. The van der Waals surface area contributed by atoms with Gasteiger partial charge in [0.25, 0.3) is 15.7 Å². The smallest absolute Gasteiger partial charge is 0.258 e. The summed E-state index contributed by atoms with van der Waals surface area (Å²) in [6.45, 7) is 0. The van der Waals surface area contributed by atoms with Crippen LogP contribution in [0.2, 0.25) is 0 Å². The van der Waals surface area contributed by atoms with Crippen LogP contribution in [0.1, 0.15) is 0 Å². The van der Waals surface area contributed by atoms with E-state index in [0.717, 1.165) is 18.2 Å². The van der Waals surface area contributed by atoms with Gasteiger partial charge >= 0.3 is 0 Å². The Morgan fingerprint density at radius 2 is 1.88 bits per heavy atom. The van der Waals surface area contributed by atoms with Gasteiger partial charge in [-0.2, -0.15) is 14.8 Å². The van der Waals surface area contributed by atoms with Gasteiger partial charge in [0, 0.05) is 6.07 Å². The highest BCUT2D eigenvalue weighted by atomic mass is 79.9. The van der Waals surface area contributed by atoms with Gasteiger partial charge in [0.1, 0.15) is 6.33 Å². The number of nitrogens with one attached hydrogen (secondary N) is 1. The van der Waals surface area contributed by atoms with Gasteiger partial charge in [-0.1, -0.05) is 18.2 Å². The molecule has 0 fully saturated rings. The largest absolute Gasteiger partial charge is 0.283 e. The van der Waals surface area contributed by atoms with Crippen LogP contribution in [0.15, 0.2) is 64.2 Å². The zero-order chi connectivity index (χ0) is 18.0. The summed E-state index contributed by atoms with van der Waals surface area (Å²) >= 11 is 3.00. The van der Waals surface area contributed by atoms with Gasteiger partial charge in [-0.25, -0.2) is 13.1 Å². The molecule has 3 rings (SSSR count). The van der Waals surface area contributed by atoms with Crippen LogP contribution in [0.25, 0.3) is 5.69 Å². The number of rotatable bonds is 5. The lowest BCUT2D eigenvalue weighted by Gasteiger charge is -2.09. The van der Waals surface area contributed by atoms with Gasteiger partial charge in [-0.15, -0.1) is 0 Å². The van der Waals surface area contributed by atoms with E-state index in [1.165, 1.54) is 11.0 Å². The predicted molar refractivity (Wildman–Crippen MR) is 93.0 cm³/mol. The van der Waals surface area contributed by atoms with E-state index in [4.69, 9.17) is 0 Å². The number of nitro groups is 1. The van der Waals surface area contributed by atoms with Crippen molar-refractivity contribution in [1.82, 2.24) is 14.8 Å². The van der Waals surface area contributed by atoms with Crippen molar-refractivity contribution in [1.29, 1.82) is 0 Å². The van der Waals surface area contributed by atoms with E-state index in [9.17, 15) is 18.5 Å². The molecular formula is C14H10BrN5O4S. The normalized spacial score (nSPS) is 11.2. The maximum absolute atomic E-state index is 12.5. The molecule has 0 atom stereocenters. The summed E-state index contributed by atoms with van der Waals surface area (Å²) in [5.74, 6) is 0.000625. The number of benzene rings is 2. The molecule has 1 heterocycles. The van der Waals surface area contributed by atoms with Crippen LogP contribution in [0.3, 0.4) is 0 Å². The third-order valence-corrected chi connectivity index (χ3v) is 5.16. The Hall–Kier alpha value is -2.79. The molecule has 0 saturated heterocycles. The Morgan fingerprint density at radius 3 is 2.52 bits per heavy atom. The van der Waals surface area contributed by atoms with E-state index in [2.05, 4.69) is 30.7 Å². The average molecular weight is 424 g/mol. The van der Waals surface area contributed by atoms with Crippen LogP contribution in [-0.4, -0.2) is 28.1 Å². The zero-order valence-corrected chi connectivity index (χ0v) is 14.8. The number of halogens is 1. The second kappa shape index (κ2) is 6.61. The van der Waals surface area contributed by atoms with Gasteiger partial charge in [0.15, 0.2) is 0 Å². The molecule has 9 nitrogen and oxygen atoms in total. The first-order valence-electron chi connectivity index (χ1n) is 6.81. The highest BCUT2D eigenvalue weighted by Gasteiger charge is 2.21. The van der Waals surface area contributed by atoms with Crippen LogP contribution >= 0.6 is 15.9 Å². The lowest BCUT2D eigenvalue weighted by atomic mass is 10.3. The van der Waals surface area contributed by atoms with Crippen LogP contribution in [0.4, 0.5) is 11.6 Å². The molecule has 25 heavy (non-hydrogen) atoms. The Balaban J connectivity index is 1.95. The van der Waals surface area contributed by atoms with Gasteiger partial charge < -0.3 is 0 Å². The van der Waals surface area contributed by atoms with E-state index in [1.807, 2.05) is 6.07 Å². The fourth-order valence-electron chi connectivity index (χ4n) is 2.05. The van der Waals surface area contributed by atoms with Crippen molar-refractivity contribution in [3.8, 4) is 5.69 Å². The molecule has 1 aromatic heterocycles. The van der Waals surface area contributed by atoms with Crippen molar-refractivity contribution in [2.75, 3.05) is 4.72 Å². The fourth-order valence-corrected chi connectivity index (χ4v) is 3.74. The standard InChI is InChI=1S/C14H10BrN5O4S/c15-12-8-11(6-7-13(12)20(21)22)25(23,24)18-14-16-9-17-19(14)10-4-2-1-3-5-10/h1-9H,(H,16,17,18). The fraction of sp³-hybridized carbons (Fsp3) is 0.